The van der Waals surface area contributed by atoms with Gasteiger partial charge in [-0.15, -0.1) is 0 Å². The van der Waals surface area contributed by atoms with Crippen molar-refractivity contribution in [2.75, 3.05) is 20.3 Å². The van der Waals surface area contributed by atoms with E-state index in [2.05, 4.69) is 39.0 Å². The first-order valence-corrected chi connectivity index (χ1v) is 6.02. The molecule has 0 aromatic heterocycles. The van der Waals surface area contributed by atoms with E-state index in [4.69, 9.17) is 15.2 Å². The van der Waals surface area contributed by atoms with E-state index in [-0.39, 0.29) is 6.04 Å². The van der Waals surface area contributed by atoms with E-state index in [9.17, 15) is 0 Å². The van der Waals surface area contributed by atoms with Crippen molar-refractivity contribution in [3.05, 3.63) is 29.3 Å². The first-order valence-electron chi connectivity index (χ1n) is 6.02. The molecule has 0 aliphatic carbocycles. The van der Waals surface area contributed by atoms with Crippen molar-refractivity contribution < 1.29 is 9.47 Å². The number of hydrogen-bond acceptors (Lipinski definition) is 3. The molecule has 1 atom stereocenters. The van der Waals surface area contributed by atoms with Crippen LogP contribution in [0.15, 0.2) is 18.2 Å². The van der Waals surface area contributed by atoms with Crippen LogP contribution in [0.5, 0.6) is 5.75 Å². The van der Waals surface area contributed by atoms with Gasteiger partial charge in [0.1, 0.15) is 12.4 Å². The van der Waals surface area contributed by atoms with Crippen molar-refractivity contribution in [2.45, 2.75) is 32.7 Å². The zero-order valence-electron chi connectivity index (χ0n) is 11.2. The van der Waals surface area contributed by atoms with Crippen LogP contribution < -0.4 is 10.5 Å². The Bertz CT molecular complexity index is 350. The van der Waals surface area contributed by atoms with Crippen molar-refractivity contribution in [1.29, 1.82) is 0 Å². The summed E-state index contributed by atoms with van der Waals surface area (Å²) in [6, 6.07) is 6.21. The summed E-state index contributed by atoms with van der Waals surface area (Å²) in [5, 5.41) is 0. The Morgan fingerprint density at radius 1 is 1.24 bits per heavy atom. The van der Waals surface area contributed by atoms with Crippen LogP contribution in [-0.4, -0.2) is 26.4 Å². The predicted octanol–water partition coefficient (Wildman–Crippen LogP) is 2.47. The molecular weight excluding hydrogens is 214 g/mol. The van der Waals surface area contributed by atoms with Crippen LogP contribution in [0.25, 0.3) is 0 Å². The number of methoxy groups -OCH3 is 1. The summed E-state index contributed by atoms with van der Waals surface area (Å²) in [6.45, 7) is 7.38. The second-order valence-corrected chi connectivity index (χ2v) is 4.72. The summed E-state index contributed by atoms with van der Waals surface area (Å²) < 4.78 is 10.8. The van der Waals surface area contributed by atoms with Gasteiger partial charge in [0.15, 0.2) is 0 Å². The molecule has 0 saturated heterocycles. The highest BCUT2D eigenvalue weighted by atomic mass is 16.5. The Morgan fingerprint density at radius 2 is 1.94 bits per heavy atom. The second-order valence-electron chi connectivity index (χ2n) is 4.72. The van der Waals surface area contributed by atoms with Gasteiger partial charge in [-0.1, -0.05) is 26.0 Å². The Morgan fingerprint density at radius 3 is 2.53 bits per heavy atom. The van der Waals surface area contributed by atoms with Gasteiger partial charge in [-0.3, -0.25) is 0 Å². The monoisotopic (exact) mass is 237 g/mol. The molecule has 96 valence electrons. The highest BCUT2D eigenvalue weighted by Crippen LogP contribution is 2.27. The summed E-state index contributed by atoms with van der Waals surface area (Å²) in [5.41, 5.74) is 8.27. The molecule has 1 unspecified atom stereocenters. The molecule has 0 saturated carbocycles. The number of rotatable bonds is 6. The largest absolute Gasteiger partial charge is 0.492 e. The molecule has 3 heteroatoms. The van der Waals surface area contributed by atoms with E-state index >= 15 is 0 Å². The molecule has 0 fully saturated rings. The Kier molecular flexibility index (Phi) is 5.45. The average Bonchev–Trinajstić information content (AvgIpc) is 2.26. The molecular formula is C14H23NO2. The van der Waals surface area contributed by atoms with Crippen molar-refractivity contribution in [1.82, 2.24) is 0 Å². The number of hydrogen-bond donors (Lipinski definition) is 1. The van der Waals surface area contributed by atoms with Gasteiger partial charge in [0.2, 0.25) is 0 Å². The van der Waals surface area contributed by atoms with E-state index in [1.165, 1.54) is 11.1 Å². The molecule has 0 bridgehead atoms. The zero-order valence-corrected chi connectivity index (χ0v) is 11.2. The van der Waals surface area contributed by atoms with Gasteiger partial charge in [-0.05, 0) is 30.0 Å². The summed E-state index contributed by atoms with van der Waals surface area (Å²) >= 11 is 0. The molecule has 0 heterocycles. The molecule has 3 nitrogen and oxygen atoms in total. The SMILES string of the molecule is COCC(N)COc1cc(C)ccc1C(C)C. The van der Waals surface area contributed by atoms with E-state index in [0.29, 0.717) is 19.1 Å². The fraction of sp³-hybridized carbons (Fsp3) is 0.571. The molecule has 0 aliphatic heterocycles. The molecule has 17 heavy (non-hydrogen) atoms. The van der Waals surface area contributed by atoms with Gasteiger partial charge in [0.25, 0.3) is 0 Å². The van der Waals surface area contributed by atoms with Crippen LogP contribution in [0.1, 0.15) is 30.9 Å². The highest BCUT2D eigenvalue weighted by molar-refractivity contribution is 5.39. The maximum Gasteiger partial charge on any atom is 0.123 e. The summed E-state index contributed by atoms with van der Waals surface area (Å²) in [6.07, 6.45) is 0. The lowest BCUT2D eigenvalue weighted by molar-refractivity contribution is 0.152. The minimum atomic E-state index is -0.0828. The van der Waals surface area contributed by atoms with E-state index in [1.807, 2.05) is 0 Å². The van der Waals surface area contributed by atoms with Gasteiger partial charge in [0, 0.05) is 7.11 Å². The van der Waals surface area contributed by atoms with Gasteiger partial charge >= 0.3 is 0 Å². The van der Waals surface area contributed by atoms with Gasteiger partial charge < -0.3 is 15.2 Å². The Hall–Kier alpha value is -1.06. The lowest BCUT2D eigenvalue weighted by Gasteiger charge is -2.17. The Balaban J connectivity index is 2.71. The number of aryl methyl sites for hydroxylation is 1. The third-order valence-corrected chi connectivity index (χ3v) is 2.62. The molecule has 1 rings (SSSR count). The summed E-state index contributed by atoms with van der Waals surface area (Å²) in [7, 11) is 1.64. The standard InChI is InChI=1S/C14H23NO2/c1-10(2)13-6-5-11(3)7-14(13)17-9-12(15)8-16-4/h5-7,10,12H,8-9,15H2,1-4H3. The quantitative estimate of drug-likeness (QED) is 0.826. The van der Waals surface area contributed by atoms with Crippen molar-refractivity contribution in [3.8, 4) is 5.75 Å². The summed E-state index contributed by atoms with van der Waals surface area (Å²) in [4.78, 5) is 0. The fourth-order valence-corrected chi connectivity index (χ4v) is 1.70. The average molecular weight is 237 g/mol. The minimum Gasteiger partial charge on any atom is -0.492 e. The molecule has 0 aliphatic rings. The van der Waals surface area contributed by atoms with Crippen LogP contribution in [0.4, 0.5) is 0 Å². The van der Waals surface area contributed by atoms with Crippen molar-refractivity contribution >= 4 is 0 Å². The smallest absolute Gasteiger partial charge is 0.123 e. The number of benzene rings is 1. The first-order chi connectivity index (χ1) is 8.04. The van der Waals surface area contributed by atoms with Gasteiger partial charge in [-0.2, -0.15) is 0 Å². The number of nitrogens with two attached hydrogens (primary N) is 1. The van der Waals surface area contributed by atoms with E-state index in [1.54, 1.807) is 7.11 Å². The van der Waals surface area contributed by atoms with Crippen LogP contribution in [-0.2, 0) is 4.74 Å². The second kappa shape index (κ2) is 6.62. The maximum atomic E-state index is 5.85. The molecule has 0 spiro atoms. The summed E-state index contributed by atoms with van der Waals surface area (Å²) in [5.74, 6) is 1.39. The molecule has 0 amide bonds. The van der Waals surface area contributed by atoms with Crippen molar-refractivity contribution in [2.24, 2.45) is 5.73 Å². The Labute approximate surface area is 104 Å². The van der Waals surface area contributed by atoms with Crippen LogP contribution in [0, 0.1) is 6.92 Å². The molecule has 1 aromatic rings. The van der Waals surface area contributed by atoms with Crippen LogP contribution in [0.3, 0.4) is 0 Å². The third-order valence-electron chi connectivity index (χ3n) is 2.62. The lowest BCUT2D eigenvalue weighted by Crippen LogP contribution is -2.32. The maximum absolute atomic E-state index is 5.85. The predicted molar refractivity (Wildman–Crippen MR) is 70.6 cm³/mol. The van der Waals surface area contributed by atoms with E-state index in [0.717, 1.165) is 5.75 Å². The zero-order chi connectivity index (χ0) is 12.8. The van der Waals surface area contributed by atoms with Crippen molar-refractivity contribution in [3.63, 3.8) is 0 Å². The topological polar surface area (TPSA) is 44.5 Å². The van der Waals surface area contributed by atoms with Gasteiger partial charge in [-0.25, -0.2) is 0 Å². The normalized spacial score (nSPS) is 12.8. The van der Waals surface area contributed by atoms with Gasteiger partial charge in [0.05, 0.1) is 12.6 Å². The fourth-order valence-electron chi connectivity index (χ4n) is 1.70. The first kappa shape index (κ1) is 14.0. The molecule has 1 aromatic carbocycles. The minimum absolute atomic E-state index is 0.0828. The molecule has 0 radical (unpaired) electrons. The van der Waals surface area contributed by atoms with Crippen LogP contribution >= 0.6 is 0 Å². The van der Waals surface area contributed by atoms with Crippen LogP contribution in [0.2, 0.25) is 0 Å². The highest BCUT2D eigenvalue weighted by Gasteiger charge is 2.10. The lowest BCUT2D eigenvalue weighted by atomic mass is 10.0. The van der Waals surface area contributed by atoms with E-state index < -0.39 is 0 Å². The molecule has 2 N–H and O–H groups in total. The third kappa shape index (κ3) is 4.36. The number of ether oxygens (including phenoxy) is 2.